The molecule has 2 aliphatic heterocycles. The maximum atomic E-state index is 14.3. The maximum Gasteiger partial charge on any atom is 0.243 e. The van der Waals surface area contributed by atoms with Crippen LogP contribution in [-0.2, 0) is 11.3 Å². The Bertz CT molecular complexity index is 707. The zero-order chi connectivity index (χ0) is 19.0. The van der Waals surface area contributed by atoms with Gasteiger partial charge in [-0.25, -0.2) is 4.39 Å². The molecule has 148 valence electrons. The van der Waals surface area contributed by atoms with Gasteiger partial charge in [-0.15, -0.1) is 0 Å². The highest BCUT2D eigenvalue weighted by Crippen LogP contribution is 2.41. The van der Waals surface area contributed by atoms with Crippen molar-refractivity contribution in [3.8, 4) is 0 Å². The molecule has 1 N–H and O–H groups in total. The predicted molar refractivity (Wildman–Crippen MR) is 103 cm³/mol. The first-order valence-corrected chi connectivity index (χ1v) is 10.6. The molecule has 1 aliphatic carbocycles. The number of carbonyl (C=O) groups excluding carboxylic acids is 1. The second-order valence-electron chi connectivity index (χ2n) is 8.36. The molecule has 27 heavy (non-hydrogen) atoms. The fourth-order valence-corrected chi connectivity index (χ4v) is 5.49. The van der Waals surface area contributed by atoms with E-state index in [4.69, 9.17) is 11.6 Å². The van der Waals surface area contributed by atoms with Crippen LogP contribution in [0.25, 0.3) is 0 Å². The molecule has 3 fully saturated rings. The van der Waals surface area contributed by atoms with Crippen molar-refractivity contribution in [2.45, 2.75) is 75.6 Å². The van der Waals surface area contributed by atoms with Crippen molar-refractivity contribution in [1.82, 2.24) is 9.80 Å². The van der Waals surface area contributed by atoms with E-state index >= 15 is 0 Å². The van der Waals surface area contributed by atoms with Crippen LogP contribution in [0.5, 0.6) is 0 Å². The lowest BCUT2D eigenvalue weighted by Crippen LogP contribution is -2.62. The molecule has 0 aromatic heterocycles. The number of amides is 1. The summed E-state index contributed by atoms with van der Waals surface area (Å²) in [6.07, 6.45) is 6.74. The van der Waals surface area contributed by atoms with Crippen molar-refractivity contribution < 1.29 is 14.3 Å². The quantitative estimate of drug-likeness (QED) is 0.849. The molecule has 1 aromatic rings. The molecule has 1 aromatic carbocycles. The lowest BCUT2D eigenvalue weighted by Gasteiger charge is -2.48. The highest BCUT2D eigenvalue weighted by atomic mass is 35.5. The minimum absolute atomic E-state index is 0.218. The van der Waals surface area contributed by atoms with Crippen LogP contribution in [0.1, 0.15) is 56.9 Å². The molecular weight excluding hydrogens is 367 g/mol. The van der Waals surface area contributed by atoms with Crippen molar-refractivity contribution in [1.29, 1.82) is 0 Å². The van der Waals surface area contributed by atoms with Gasteiger partial charge in [-0.2, -0.15) is 0 Å². The molecule has 1 atom stereocenters. The summed E-state index contributed by atoms with van der Waals surface area (Å²) in [6.45, 7) is 2.05. The standard InChI is InChI=1S/C21H28ClFN2O2/c22-16-3-8-19(23)15(13-16)14-24-11-1-9-21(24)10-2-12-25(20(21)27)17-4-6-18(26)7-5-17/h3,8,13,17-18,26H,1-2,4-7,9-12,14H2. The van der Waals surface area contributed by atoms with Crippen molar-refractivity contribution in [3.05, 3.63) is 34.6 Å². The number of halogens is 2. The number of likely N-dealkylation sites (tertiary alicyclic amines) is 2. The summed E-state index contributed by atoms with van der Waals surface area (Å²) >= 11 is 6.06. The van der Waals surface area contributed by atoms with E-state index in [1.807, 2.05) is 0 Å². The Kier molecular flexibility index (Phi) is 5.45. The van der Waals surface area contributed by atoms with Gasteiger partial charge in [0.2, 0.25) is 5.91 Å². The molecule has 4 rings (SSSR count). The Morgan fingerprint density at radius 3 is 2.59 bits per heavy atom. The number of piperidine rings is 1. The van der Waals surface area contributed by atoms with Gasteiger partial charge in [0.05, 0.1) is 6.10 Å². The van der Waals surface area contributed by atoms with E-state index in [1.165, 1.54) is 6.07 Å². The fourth-order valence-electron chi connectivity index (χ4n) is 5.30. The number of rotatable bonds is 3. The number of benzene rings is 1. The molecule has 2 saturated heterocycles. The largest absolute Gasteiger partial charge is 0.393 e. The Morgan fingerprint density at radius 1 is 1.15 bits per heavy atom. The zero-order valence-electron chi connectivity index (χ0n) is 15.7. The van der Waals surface area contributed by atoms with Gasteiger partial charge in [-0.1, -0.05) is 11.6 Å². The predicted octanol–water partition coefficient (Wildman–Crippen LogP) is 3.74. The maximum absolute atomic E-state index is 14.3. The van der Waals surface area contributed by atoms with Gasteiger partial charge in [0.15, 0.2) is 0 Å². The molecule has 1 saturated carbocycles. The zero-order valence-corrected chi connectivity index (χ0v) is 16.4. The van der Waals surface area contributed by atoms with Gasteiger partial charge in [0.25, 0.3) is 0 Å². The van der Waals surface area contributed by atoms with E-state index in [2.05, 4.69) is 9.80 Å². The van der Waals surface area contributed by atoms with E-state index in [0.29, 0.717) is 17.1 Å². The van der Waals surface area contributed by atoms with E-state index in [1.54, 1.807) is 12.1 Å². The average Bonchev–Trinajstić information content (AvgIpc) is 3.05. The number of hydrogen-bond donors (Lipinski definition) is 1. The third kappa shape index (κ3) is 3.62. The molecule has 0 radical (unpaired) electrons. The van der Waals surface area contributed by atoms with Crippen molar-refractivity contribution in [2.24, 2.45) is 0 Å². The Labute approximate surface area is 165 Å². The highest BCUT2D eigenvalue weighted by molar-refractivity contribution is 6.30. The van der Waals surface area contributed by atoms with Crippen LogP contribution in [-0.4, -0.2) is 51.6 Å². The van der Waals surface area contributed by atoms with E-state index in [9.17, 15) is 14.3 Å². The first-order chi connectivity index (χ1) is 13.0. The van der Waals surface area contributed by atoms with Crippen LogP contribution >= 0.6 is 11.6 Å². The minimum Gasteiger partial charge on any atom is -0.393 e. The molecule has 1 spiro atoms. The summed E-state index contributed by atoms with van der Waals surface area (Å²) < 4.78 is 14.3. The van der Waals surface area contributed by atoms with E-state index in [-0.39, 0.29) is 23.9 Å². The lowest BCUT2D eigenvalue weighted by molar-refractivity contribution is -0.152. The number of aliphatic hydroxyl groups is 1. The van der Waals surface area contributed by atoms with Crippen molar-refractivity contribution >= 4 is 17.5 Å². The van der Waals surface area contributed by atoms with Gasteiger partial charge < -0.3 is 10.0 Å². The summed E-state index contributed by atoms with van der Waals surface area (Å²) in [4.78, 5) is 17.8. The summed E-state index contributed by atoms with van der Waals surface area (Å²) in [7, 11) is 0. The SMILES string of the molecule is O=C1N(C2CCC(O)CC2)CCCC12CCCN2Cc1cc(Cl)ccc1F. The van der Waals surface area contributed by atoms with Crippen LogP contribution in [0.3, 0.4) is 0 Å². The lowest BCUT2D eigenvalue weighted by atomic mass is 9.82. The van der Waals surface area contributed by atoms with E-state index in [0.717, 1.165) is 64.5 Å². The summed E-state index contributed by atoms with van der Waals surface area (Å²) in [5, 5.41) is 10.3. The molecule has 0 bridgehead atoms. The summed E-state index contributed by atoms with van der Waals surface area (Å²) in [6, 6.07) is 4.88. The smallest absolute Gasteiger partial charge is 0.243 e. The molecule has 2 heterocycles. The molecule has 1 unspecified atom stereocenters. The van der Waals surface area contributed by atoms with Gasteiger partial charge in [-0.05, 0) is 76.1 Å². The van der Waals surface area contributed by atoms with Gasteiger partial charge in [-0.3, -0.25) is 9.69 Å². The third-order valence-electron chi connectivity index (χ3n) is 6.75. The second kappa shape index (κ2) is 7.69. The van der Waals surface area contributed by atoms with Crippen LogP contribution in [0.4, 0.5) is 4.39 Å². The van der Waals surface area contributed by atoms with Crippen LogP contribution in [0.2, 0.25) is 5.02 Å². The number of carbonyl (C=O) groups is 1. The van der Waals surface area contributed by atoms with Gasteiger partial charge >= 0.3 is 0 Å². The third-order valence-corrected chi connectivity index (χ3v) is 6.98. The normalized spacial score (nSPS) is 32.4. The van der Waals surface area contributed by atoms with Crippen molar-refractivity contribution in [2.75, 3.05) is 13.1 Å². The van der Waals surface area contributed by atoms with E-state index < -0.39 is 5.54 Å². The highest BCUT2D eigenvalue weighted by Gasteiger charge is 2.52. The van der Waals surface area contributed by atoms with Crippen LogP contribution in [0, 0.1) is 5.82 Å². The van der Waals surface area contributed by atoms with Gasteiger partial charge in [0, 0.05) is 29.7 Å². The number of nitrogens with zero attached hydrogens (tertiary/aromatic N) is 2. The molecule has 4 nitrogen and oxygen atoms in total. The molecule has 6 heteroatoms. The van der Waals surface area contributed by atoms with Crippen LogP contribution in [0.15, 0.2) is 18.2 Å². The van der Waals surface area contributed by atoms with Crippen molar-refractivity contribution in [3.63, 3.8) is 0 Å². The Hall–Kier alpha value is -1.17. The fraction of sp³-hybridized carbons (Fsp3) is 0.667. The van der Waals surface area contributed by atoms with Crippen LogP contribution < -0.4 is 0 Å². The molecular formula is C21H28ClFN2O2. The first kappa shape index (κ1) is 19.2. The summed E-state index contributed by atoms with van der Waals surface area (Å²) in [5.41, 5.74) is 0.0674. The summed E-state index contributed by atoms with van der Waals surface area (Å²) in [5.74, 6) is -0.0436. The second-order valence-corrected chi connectivity index (χ2v) is 8.79. The Morgan fingerprint density at radius 2 is 1.85 bits per heavy atom. The number of hydrogen-bond acceptors (Lipinski definition) is 3. The molecule has 3 aliphatic rings. The minimum atomic E-state index is -0.497. The monoisotopic (exact) mass is 394 g/mol. The first-order valence-electron chi connectivity index (χ1n) is 10.2. The molecule has 1 amide bonds. The topological polar surface area (TPSA) is 43.8 Å². The average molecular weight is 395 g/mol. The van der Waals surface area contributed by atoms with Gasteiger partial charge in [0.1, 0.15) is 11.4 Å². The number of aliphatic hydroxyl groups excluding tert-OH is 1. The Balaban J connectivity index is 1.54.